The molecule has 0 amide bonds. The standard InChI is InChI=1S/C5H10Cl2O2Si/c1-4(3-10(6)7)5(8)9-2/h4,10H,3H2,1-2H3. The average Bonchev–Trinajstić information content (AvgIpc) is 1.85. The van der Waals surface area contributed by atoms with E-state index in [0.717, 1.165) is 0 Å². The number of carbonyl (C=O) groups excluding carboxylic acids is 1. The Labute approximate surface area is 71.5 Å². The van der Waals surface area contributed by atoms with Gasteiger partial charge in [0.2, 0.25) is 7.42 Å². The molecule has 2 nitrogen and oxygen atoms in total. The molecule has 0 saturated heterocycles. The Balaban J connectivity index is 3.61. The van der Waals surface area contributed by atoms with Crippen LogP contribution in [-0.2, 0) is 9.53 Å². The van der Waals surface area contributed by atoms with Gasteiger partial charge in [0, 0.05) is 0 Å². The fourth-order valence-electron chi connectivity index (χ4n) is 0.565. The molecule has 0 aliphatic heterocycles. The summed E-state index contributed by atoms with van der Waals surface area (Å²) in [7, 11) is -0.296. The van der Waals surface area contributed by atoms with Crippen LogP contribution in [0.4, 0.5) is 0 Å². The predicted molar refractivity (Wildman–Crippen MR) is 44.8 cm³/mol. The minimum Gasteiger partial charge on any atom is -0.469 e. The van der Waals surface area contributed by atoms with E-state index in [1.54, 1.807) is 6.92 Å². The van der Waals surface area contributed by atoms with Gasteiger partial charge in [-0.15, -0.1) is 0 Å². The van der Waals surface area contributed by atoms with E-state index in [-0.39, 0.29) is 11.9 Å². The summed E-state index contributed by atoms with van der Waals surface area (Å²) in [5.41, 5.74) is 0. The Hall–Kier alpha value is 0.267. The summed E-state index contributed by atoms with van der Waals surface area (Å²) < 4.78 is 4.48. The van der Waals surface area contributed by atoms with Crippen LogP contribution in [0.1, 0.15) is 6.92 Å². The summed E-state index contributed by atoms with van der Waals surface area (Å²) >= 11 is 11.1. The molecule has 0 spiro atoms. The molecule has 0 bridgehead atoms. The lowest BCUT2D eigenvalue weighted by Crippen LogP contribution is -2.15. The van der Waals surface area contributed by atoms with Crippen LogP contribution < -0.4 is 0 Å². The van der Waals surface area contributed by atoms with Crippen molar-refractivity contribution in [1.29, 1.82) is 0 Å². The zero-order valence-corrected chi connectivity index (χ0v) is 8.60. The fraction of sp³-hybridized carbons (Fsp3) is 0.800. The third kappa shape index (κ3) is 4.14. The van der Waals surface area contributed by atoms with Gasteiger partial charge in [-0.05, 0) is 6.04 Å². The third-order valence-corrected chi connectivity index (χ3v) is 3.27. The molecule has 1 atom stereocenters. The highest BCUT2D eigenvalue weighted by molar-refractivity contribution is 7.33. The van der Waals surface area contributed by atoms with E-state index in [2.05, 4.69) is 4.74 Å². The van der Waals surface area contributed by atoms with Gasteiger partial charge < -0.3 is 4.74 Å². The Kier molecular flexibility index (Phi) is 5.12. The first-order chi connectivity index (χ1) is 4.57. The maximum Gasteiger partial charge on any atom is 0.308 e. The minimum atomic E-state index is -1.65. The van der Waals surface area contributed by atoms with Crippen LogP contribution in [0.15, 0.2) is 0 Å². The van der Waals surface area contributed by atoms with Gasteiger partial charge in [0.1, 0.15) is 0 Å². The average molecular weight is 201 g/mol. The Bertz CT molecular complexity index is 118. The number of hydrogen-bond acceptors (Lipinski definition) is 2. The summed E-state index contributed by atoms with van der Waals surface area (Å²) in [5, 5.41) is 0. The van der Waals surface area contributed by atoms with Gasteiger partial charge in [-0.25, -0.2) is 0 Å². The van der Waals surface area contributed by atoms with Crippen LogP contribution in [0.2, 0.25) is 6.04 Å². The number of halogens is 2. The second-order valence-corrected chi connectivity index (χ2v) is 7.14. The van der Waals surface area contributed by atoms with Gasteiger partial charge in [0.05, 0.1) is 13.0 Å². The SMILES string of the molecule is COC(=O)C(C)C[SiH](Cl)Cl. The fourth-order valence-corrected chi connectivity index (χ4v) is 2.90. The number of esters is 1. The van der Waals surface area contributed by atoms with Crippen molar-refractivity contribution in [3.63, 3.8) is 0 Å². The van der Waals surface area contributed by atoms with Gasteiger partial charge in [-0.1, -0.05) is 6.92 Å². The molecule has 0 aromatic heterocycles. The van der Waals surface area contributed by atoms with Crippen LogP contribution in [0.5, 0.6) is 0 Å². The van der Waals surface area contributed by atoms with Gasteiger partial charge in [-0.2, -0.15) is 22.2 Å². The van der Waals surface area contributed by atoms with Gasteiger partial charge in [0.15, 0.2) is 0 Å². The predicted octanol–water partition coefficient (Wildman–Crippen LogP) is 1.49. The highest BCUT2D eigenvalue weighted by Crippen LogP contribution is 2.13. The molecule has 0 aliphatic carbocycles. The molecule has 10 heavy (non-hydrogen) atoms. The normalized spacial score (nSPS) is 13.3. The lowest BCUT2D eigenvalue weighted by Gasteiger charge is -2.06. The van der Waals surface area contributed by atoms with Crippen LogP contribution in [0, 0.1) is 5.92 Å². The summed E-state index contributed by atoms with van der Waals surface area (Å²) in [6.45, 7) is 1.76. The van der Waals surface area contributed by atoms with Crippen molar-refractivity contribution in [2.24, 2.45) is 5.92 Å². The molecule has 0 radical (unpaired) electrons. The monoisotopic (exact) mass is 200 g/mol. The second kappa shape index (κ2) is 4.99. The molecular formula is C5H10Cl2O2Si. The molecule has 0 rings (SSSR count). The summed E-state index contributed by atoms with van der Waals surface area (Å²) in [6, 6.07) is 0.579. The highest BCUT2D eigenvalue weighted by Gasteiger charge is 2.17. The van der Waals surface area contributed by atoms with Crippen LogP contribution in [0.25, 0.3) is 0 Å². The van der Waals surface area contributed by atoms with Crippen LogP contribution in [-0.4, -0.2) is 20.5 Å². The second-order valence-electron chi connectivity index (χ2n) is 2.05. The lowest BCUT2D eigenvalue weighted by atomic mass is 10.2. The lowest BCUT2D eigenvalue weighted by molar-refractivity contribution is -0.144. The maximum absolute atomic E-state index is 10.7. The Morgan fingerprint density at radius 3 is 2.50 bits per heavy atom. The van der Waals surface area contributed by atoms with Crippen molar-refractivity contribution in [3.8, 4) is 0 Å². The van der Waals surface area contributed by atoms with Crippen molar-refractivity contribution < 1.29 is 9.53 Å². The summed E-state index contributed by atoms with van der Waals surface area (Å²) in [6.07, 6.45) is 0. The molecule has 0 heterocycles. The van der Waals surface area contributed by atoms with Crippen molar-refractivity contribution in [3.05, 3.63) is 0 Å². The summed E-state index contributed by atoms with van der Waals surface area (Å²) in [5.74, 6) is -0.393. The highest BCUT2D eigenvalue weighted by atomic mass is 35.7. The number of carbonyl (C=O) groups is 1. The molecule has 5 heteroatoms. The molecular weight excluding hydrogens is 191 g/mol. The third-order valence-electron chi connectivity index (χ3n) is 1.14. The molecule has 0 N–H and O–H groups in total. The van der Waals surface area contributed by atoms with E-state index in [9.17, 15) is 4.79 Å². The van der Waals surface area contributed by atoms with Crippen LogP contribution >= 0.6 is 22.2 Å². The zero-order chi connectivity index (χ0) is 8.15. The van der Waals surface area contributed by atoms with Crippen molar-refractivity contribution in [1.82, 2.24) is 0 Å². The van der Waals surface area contributed by atoms with Gasteiger partial charge >= 0.3 is 5.97 Å². The molecule has 0 aromatic carbocycles. The first kappa shape index (κ1) is 10.3. The quantitative estimate of drug-likeness (QED) is 0.393. The maximum atomic E-state index is 10.7. The molecule has 0 fully saturated rings. The van der Waals surface area contributed by atoms with Crippen molar-refractivity contribution in [2.45, 2.75) is 13.0 Å². The number of ether oxygens (including phenoxy) is 1. The van der Waals surface area contributed by atoms with Crippen LogP contribution in [0.3, 0.4) is 0 Å². The van der Waals surface area contributed by atoms with Gasteiger partial charge in [0.25, 0.3) is 0 Å². The first-order valence-electron chi connectivity index (χ1n) is 2.94. The Morgan fingerprint density at radius 1 is 1.70 bits per heavy atom. The smallest absolute Gasteiger partial charge is 0.308 e. The van der Waals surface area contributed by atoms with Crippen molar-refractivity contribution in [2.75, 3.05) is 7.11 Å². The summed E-state index contributed by atoms with van der Waals surface area (Å²) in [4.78, 5) is 10.7. The molecule has 60 valence electrons. The molecule has 0 aromatic rings. The number of hydrogen-bond donors (Lipinski definition) is 0. The molecule has 0 aliphatic rings. The van der Waals surface area contributed by atoms with E-state index in [1.165, 1.54) is 7.11 Å². The molecule has 1 unspecified atom stereocenters. The first-order valence-corrected chi connectivity index (χ1v) is 7.24. The zero-order valence-electron chi connectivity index (χ0n) is 5.93. The van der Waals surface area contributed by atoms with E-state index in [4.69, 9.17) is 22.2 Å². The van der Waals surface area contributed by atoms with E-state index in [1.807, 2.05) is 0 Å². The van der Waals surface area contributed by atoms with E-state index < -0.39 is 7.42 Å². The molecule has 0 saturated carbocycles. The van der Waals surface area contributed by atoms with Crippen molar-refractivity contribution >= 4 is 35.5 Å². The van der Waals surface area contributed by atoms with E-state index in [0.29, 0.717) is 6.04 Å². The number of rotatable bonds is 3. The number of methoxy groups -OCH3 is 1. The topological polar surface area (TPSA) is 26.3 Å². The van der Waals surface area contributed by atoms with Gasteiger partial charge in [-0.3, -0.25) is 4.79 Å². The van der Waals surface area contributed by atoms with E-state index >= 15 is 0 Å². The Morgan fingerprint density at radius 2 is 2.20 bits per heavy atom. The minimum absolute atomic E-state index is 0.156. The largest absolute Gasteiger partial charge is 0.469 e.